The van der Waals surface area contributed by atoms with Gasteiger partial charge in [0.25, 0.3) is 11.8 Å². The molecule has 26 heavy (non-hydrogen) atoms. The second kappa shape index (κ2) is 7.79. The number of aryl methyl sites for hydroxylation is 1. The van der Waals surface area contributed by atoms with E-state index in [1.165, 1.54) is 12.1 Å². The number of nitrogens with one attached hydrogen (secondary N) is 2. The molecule has 0 aliphatic heterocycles. The number of pyridine rings is 1. The molecular weight excluding hydrogens is 356 g/mol. The SMILES string of the molecule is Cc1cc(NC(=O)c2cccc(C(=O)NCc3ccc(Cl)cc3)n2)no1. The largest absolute Gasteiger partial charge is 0.360 e. The minimum atomic E-state index is -0.481. The quantitative estimate of drug-likeness (QED) is 0.718. The number of hydrogen-bond donors (Lipinski definition) is 2. The number of benzene rings is 1. The van der Waals surface area contributed by atoms with Crippen LogP contribution in [0.4, 0.5) is 5.82 Å². The highest BCUT2D eigenvalue weighted by atomic mass is 35.5. The summed E-state index contributed by atoms with van der Waals surface area (Å²) in [5, 5.41) is 9.62. The van der Waals surface area contributed by atoms with E-state index in [1.807, 2.05) is 12.1 Å². The number of rotatable bonds is 5. The Hall–Kier alpha value is -3.19. The number of carbonyl (C=O) groups excluding carboxylic acids is 2. The third-order valence-electron chi connectivity index (χ3n) is 3.45. The lowest BCUT2D eigenvalue weighted by atomic mass is 10.2. The second-order valence-corrected chi connectivity index (χ2v) is 5.93. The lowest BCUT2D eigenvalue weighted by Gasteiger charge is -2.06. The van der Waals surface area contributed by atoms with Gasteiger partial charge in [-0.2, -0.15) is 0 Å². The molecule has 8 heteroatoms. The zero-order valence-corrected chi connectivity index (χ0v) is 14.6. The van der Waals surface area contributed by atoms with Crippen molar-refractivity contribution in [2.45, 2.75) is 13.5 Å². The maximum atomic E-state index is 12.3. The number of aromatic nitrogens is 2. The Labute approximate surface area is 154 Å². The van der Waals surface area contributed by atoms with Gasteiger partial charge in [-0.1, -0.05) is 35.0 Å². The highest BCUT2D eigenvalue weighted by Gasteiger charge is 2.14. The minimum absolute atomic E-state index is 0.102. The summed E-state index contributed by atoms with van der Waals surface area (Å²) in [4.78, 5) is 28.6. The fourth-order valence-corrected chi connectivity index (χ4v) is 2.29. The van der Waals surface area contributed by atoms with Gasteiger partial charge < -0.3 is 15.2 Å². The van der Waals surface area contributed by atoms with E-state index in [1.54, 1.807) is 31.2 Å². The average molecular weight is 371 g/mol. The molecule has 2 heterocycles. The maximum absolute atomic E-state index is 12.3. The van der Waals surface area contributed by atoms with E-state index in [4.69, 9.17) is 16.1 Å². The molecule has 132 valence electrons. The standard InChI is InChI=1S/C18H15ClN4O3/c1-11-9-16(23-26-11)22-18(25)15-4-2-3-14(21-15)17(24)20-10-12-5-7-13(19)8-6-12/h2-9H,10H2,1H3,(H,20,24)(H,22,23,25). The van der Waals surface area contributed by atoms with Crippen LogP contribution in [-0.2, 0) is 6.54 Å². The molecular formula is C18H15ClN4O3. The van der Waals surface area contributed by atoms with Crippen LogP contribution in [0.15, 0.2) is 53.1 Å². The van der Waals surface area contributed by atoms with Crippen LogP contribution in [0.3, 0.4) is 0 Å². The van der Waals surface area contributed by atoms with Crippen LogP contribution in [0.25, 0.3) is 0 Å². The van der Waals surface area contributed by atoms with E-state index in [9.17, 15) is 9.59 Å². The van der Waals surface area contributed by atoms with E-state index in [2.05, 4.69) is 20.8 Å². The maximum Gasteiger partial charge on any atom is 0.275 e. The molecule has 0 saturated carbocycles. The third kappa shape index (κ3) is 4.46. The van der Waals surface area contributed by atoms with Gasteiger partial charge in [-0.15, -0.1) is 0 Å². The van der Waals surface area contributed by atoms with Gasteiger partial charge in [-0.05, 0) is 36.8 Å². The van der Waals surface area contributed by atoms with Gasteiger partial charge in [-0.25, -0.2) is 4.98 Å². The van der Waals surface area contributed by atoms with E-state index in [0.29, 0.717) is 17.3 Å². The van der Waals surface area contributed by atoms with Gasteiger partial charge in [0, 0.05) is 17.6 Å². The van der Waals surface area contributed by atoms with Crippen molar-refractivity contribution in [2.75, 3.05) is 5.32 Å². The Kier molecular flexibility index (Phi) is 5.28. The van der Waals surface area contributed by atoms with Gasteiger partial charge in [-0.3, -0.25) is 9.59 Å². The molecule has 0 spiro atoms. The van der Waals surface area contributed by atoms with Crippen molar-refractivity contribution >= 4 is 29.2 Å². The van der Waals surface area contributed by atoms with E-state index in [0.717, 1.165) is 5.56 Å². The number of amides is 2. The van der Waals surface area contributed by atoms with Gasteiger partial charge >= 0.3 is 0 Å². The van der Waals surface area contributed by atoms with E-state index < -0.39 is 5.91 Å². The van der Waals surface area contributed by atoms with Crippen molar-refractivity contribution in [3.05, 3.63) is 76.3 Å². The fraction of sp³-hybridized carbons (Fsp3) is 0.111. The first-order valence-electron chi connectivity index (χ1n) is 7.75. The van der Waals surface area contributed by atoms with Crippen molar-refractivity contribution in [2.24, 2.45) is 0 Å². The molecule has 7 nitrogen and oxygen atoms in total. The Morgan fingerprint density at radius 2 is 1.77 bits per heavy atom. The molecule has 0 fully saturated rings. The molecule has 3 rings (SSSR count). The summed E-state index contributed by atoms with van der Waals surface area (Å²) in [6, 6.07) is 13.4. The molecule has 0 bridgehead atoms. The minimum Gasteiger partial charge on any atom is -0.360 e. The first-order valence-corrected chi connectivity index (χ1v) is 8.13. The zero-order chi connectivity index (χ0) is 18.5. The topological polar surface area (TPSA) is 97.1 Å². The van der Waals surface area contributed by atoms with Crippen LogP contribution in [-0.4, -0.2) is 22.0 Å². The lowest BCUT2D eigenvalue weighted by molar-refractivity contribution is 0.0945. The van der Waals surface area contributed by atoms with E-state index in [-0.39, 0.29) is 23.1 Å². The molecule has 0 atom stereocenters. The molecule has 1 aromatic carbocycles. The molecule has 2 N–H and O–H groups in total. The van der Waals surface area contributed by atoms with Crippen LogP contribution in [0, 0.1) is 6.92 Å². The van der Waals surface area contributed by atoms with Crippen molar-refractivity contribution in [1.29, 1.82) is 0 Å². The van der Waals surface area contributed by atoms with Gasteiger partial charge in [0.15, 0.2) is 5.82 Å². The number of hydrogen-bond acceptors (Lipinski definition) is 5. The van der Waals surface area contributed by atoms with Crippen LogP contribution in [0.2, 0.25) is 5.02 Å². The van der Waals surface area contributed by atoms with Crippen LogP contribution in [0.1, 0.15) is 32.3 Å². The first kappa shape index (κ1) is 17.6. The number of halogens is 1. The average Bonchev–Trinajstić information content (AvgIpc) is 3.05. The van der Waals surface area contributed by atoms with E-state index >= 15 is 0 Å². The summed E-state index contributed by atoms with van der Waals surface area (Å²) in [6.07, 6.45) is 0. The Morgan fingerprint density at radius 3 is 2.42 bits per heavy atom. The second-order valence-electron chi connectivity index (χ2n) is 5.49. The van der Waals surface area contributed by atoms with Crippen LogP contribution < -0.4 is 10.6 Å². The molecule has 2 aromatic heterocycles. The summed E-state index contributed by atoms with van der Waals surface area (Å²) >= 11 is 5.83. The molecule has 0 aliphatic carbocycles. The summed E-state index contributed by atoms with van der Waals surface area (Å²) in [5.41, 5.74) is 1.14. The van der Waals surface area contributed by atoms with Crippen LogP contribution in [0.5, 0.6) is 0 Å². The Bertz CT molecular complexity index is 938. The molecule has 0 saturated heterocycles. The molecule has 0 aliphatic rings. The highest BCUT2D eigenvalue weighted by molar-refractivity contribution is 6.30. The first-order chi connectivity index (χ1) is 12.5. The Balaban J connectivity index is 1.64. The van der Waals surface area contributed by atoms with Crippen molar-refractivity contribution in [3.8, 4) is 0 Å². The normalized spacial score (nSPS) is 10.4. The fourth-order valence-electron chi connectivity index (χ4n) is 2.17. The van der Waals surface area contributed by atoms with Crippen LogP contribution >= 0.6 is 11.6 Å². The number of carbonyl (C=O) groups is 2. The van der Waals surface area contributed by atoms with Gasteiger partial charge in [0.1, 0.15) is 17.1 Å². The predicted octanol–water partition coefficient (Wildman–Crippen LogP) is 3.21. The molecule has 0 unspecified atom stereocenters. The van der Waals surface area contributed by atoms with Crippen molar-refractivity contribution in [1.82, 2.24) is 15.5 Å². The molecule has 3 aromatic rings. The van der Waals surface area contributed by atoms with Gasteiger partial charge in [0.2, 0.25) is 0 Å². The lowest BCUT2D eigenvalue weighted by Crippen LogP contribution is -2.25. The highest BCUT2D eigenvalue weighted by Crippen LogP contribution is 2.11. The molecule has 0 radical (unpaired) electrons. The smallest absolute Gasteiger partial charge is 0.275 e. The van der Waals surface area contributed by atoms with Crippen molar-refractivity contribution < 1.29 is 14.1 Å². The predicted molar refractivity (Wildman–Crippen MR) is 96.1 cm³/mol. The number of anilines is 1. The van der Waals surface area contributed by atoms with Crippen molar-refractivity contribution in [3.63, 3.8) is 0 Å². The Morgan fingerprint density at radius 1 is 1.08 bits per heavy atom. The van der Waals surface area contributed by atoms with Gasteiger partial charge in [0.05, 0.1) is 0 Å². The number of nitrogens with zero attached hydrogens (tertiary/aromatic N) is 2. The summed E-state index contributed by atoms with van der Waals surface area (Å²) in [5.74, 6) is -0.00647. The zero-order valence-electron chi connectivity index (χ0n) is 13.8. The monoisotopic (exact) mass is 370 g/mol. The third-order valence-corrected chi connectivity index (χ3v) is 3.70. The summed E-state index contributed by atoms with van der Waals surface area (Å²) in [6.45, 7) is 2.04. The summed E-state index contributed by atoms with van der Waals surface area (Å²) < 4.78 is 4.89. The summed E-state index contributed by atoms with van der Waals surface area (Å²) in [7, 11) is 0. The molecule has 2 amide bonds.